The van der Waals surface area contributed by atoms with Gasteiger partial charge in [-0.3, -0.25) is 4.79 Å². The van der Waals surface area contributed by atoms with E-state index in [1.54, 1.807) is 0 Å². The average Bonchev–Trinajstić information content (AvgIpc) is 2.25. The van der Waals surface area contributed by atoms with Crippen molar-refractivity contribution in [3.05, 3.63) is 40.4 Å². The number of hydrogen-bond donors (Lipinski definition) is 0. The number of Topliss-reactive ketones (excluding diaryl/α,β-unsaturated/α-hetero) is 1. The molecule has 1 aliphatic rings. The molecule has 1 aromatic carbocycles. The number of benzene rings is 1. The summed E-state index contributed by atoms with van der Waals surface area (Å²) in [5, 5.41) is 0.724. The van der Waals surface area contributed by atoms with Crippen LogP contribution in [0.5, 0.6) is 0 Å². The molecule has 1 fully saturated rings. The average molecular weight is 239 g/mol. The molecule has 0 aliphatic carbocycles. The van der Waals surface area contributed by atoms with Crippen LogP contribution in [0.25, 0.3) is 6.08 Å². The van der Waals surface area contributed by atoms with Crippen LogP contribution < -0.4 is 0 Å². The maximum absolute atomic E-state index is 11.6. The van der Waals surface area contributed by atoms with Gasteiger partial charge in [0.05, 0.1) is 0 Å². The molecular formula is C12H11ClOS. The number of hydrogen-bond acceptors (Lipinski definition) is 2. The van der Waals surface area contributed by atoms with Crippen LogP contribution in [0.1, 0.15) is 12.0 Å². The van der Waals surface area contributed by atoms with Gasteiger partial charge in [-0.1, -0.05) is 23.7 Å². The fourth-order valence-electron chi connectivity index (χ4n) is 1.47. The first-order valence-electron chi connectivity index (χ1n) is 4.83. The van der Waals surface area contributed by atoms with E-state index in [2.05, 4.69) is 0 Å². The van der Waals surface area contributed by atoms with Crippen molar-refractivity contribution in [2.24, 2.45) is 0 Å². The second kappa shape index (κ2) is 4.86. The summed E-state index contributed by atoms with van der Waals surface area (Å²) < 4.78 is 0. The van der Waals surface area contributed by atoms with Crippen molar-refractivity contribution >= 4 is 35.2 Å². The van der Waals surface area contributed by atoms with Crippen LogP contribution in [-0.4, -0.2) is 17.3 Å². The van der Waals surface area contributed by atoms with Crippen molar-refractivity contribution < 1.29 is 4.79 Å². The van der Waals surface area contributed by atoms with Crippen molar-refractivity contribution in [3.8, 4) is 0 Å². The molecule has 0 amide bonds. The minimum Gasteiger partial charge on any atom is -0.294 e. The number of ketones is 1. The first-order chi connectivity index (χ1) is 7.25. The number of rotatable bonds is 1. The lowest BCUT2D eigenvalue weighted by Gasteiger charge is -2.12. The topological polar surface area (TPSA) is 17.1 Å². The highest BCUT2D eigenvalue weighted by Crippen LogP contribution is 2.21. The van der Waals surface area contributed by atoms with Crippen molar-refractivity contribution in [2.45, 2.75) is 6.42 Å². The molecular weight excluding hydrogens is 228 g/mol. The van der Waals surface area contributed by atoms with Crippen LogP contribution in [0, 0.1) is 0 Å². The molecule has 0 bridgehead atoms. The lowest BCUT2D eigenvalue weighted by Crippen LogP contribution is -2.11. The Balaban J connectivity index is 2.21. The number of carbonyl (C=O) groups excluding carboxylic acids is 1. The van der Waals surface area contributed by atoms with Gasteiger partial charge in [0, 0.05) is 28.5 Å². The monoisotopic (exact) mass is 238 g/mol. The SMILES string of the molecule is O=C1CCSC/C1=C\c1ccc(Cl)cc1. The van der Waals surface area contributed by atoms with Crippen LogP contribution in [0.4, 0.5) is 0 Å². The highest BCUT2D eigenvalue weighted by Gasteiger charge is 2.14. The van der Waals surface area contributed by atoms with Crippen LogP contribution in [0.15, 0.2) is 29.8 Å². The summed E-state index contributed by atoms with van der Waals surface area (Å²) in [4.78, 5) is 11.6. The molecule has 15 heavy (non-hydrogen) atoms. The van der Waals surface area contributed by atoms with Gasteiger partial charge in [-0.2, -0.15) is 11.8 Å². The normalized spacial score (nSPS) is 19.5. The Labute approximate surface area is 98.5 Å². The Bertz CT molecular complexity index is 395. The third-order valence-corrected chi connectivity index (χ3v) is 3.56. The van der Waals surface area contributed by atoms with Gasteiger partial charge in [-0.25, -0.2) is 0 Å². The summed E-state index contributed by atoms with van der Waals surface area (Å²) in [6, 6.07) is 7.55. The van der Waals surface area contributed by atoms with Crippen molar-refractivity contribution in [1.82, 2.24) is 0 Å². The van der Waals surface area contributed by atoms with E-state index in [0.717, 1.165) is 27.7 Å². The summed E-state index contributed by atoms with van der Waals surface area (Å²) in [6.07, 6.45) is 2.63. The Morgan fingerprint density at radius 1 is 1.27 bits per heavy atom. The van der Waals surface area contributed by atoms with E-state index in [4.69, 9.17) is 11.6 Å². The molecule has 1 aliphatic heterocycles. The second-order valence-corrected chi connectivity index (χ2v) is 4.99. The van der Waals surface area contributed by atoms with E-state index >= 15 is 0 Å². The molecule has 0 radical (unpaired) electrons. The molecule has 0 atom stereocenters. The minimum absolute atomic E-state index is 0.281. The summed E-state index contributed by atoms with van der Waals surface area (Å²) in [7, 11) is 0. The molecule has 0 spiro atoms. The predicted molar refractivity (Wildman–Crippen MR) is 66.4 cm³/mol. The maximum Gasteiger partial charge on any atom is 0.160 e. The Morgan fingerprint density at radius 2 is 2.00 bits per heavy atom. The lowest BCUT2D eigenvalue weighted by atomic mass is 10.1. The minimum atomic E-state index is 0.281. The van der Waals surface area contributed by atoms with Crippen molar-refractivity contribution in [1.29, 1.82) is 0 Å². The number of halogens is 1. The largest absolute Gasteiger partial charge is 0.294 e. The molecule has 2 rings (SSSR count). The van der Waals surface area contributed by atoms with E-state index in [1.807, 2.05) is 42.1 Å². The molecule has 0 saturated carbocycles. The highest BCUT2D eigenvalue weighted by atomic mass is 35.5. The first kappa shape index (κ1) is 10.8. The zero-order valence-corrected chi connectivity index (χ0v) is 9.77. The van der Waals surface area contributed by atoms with Gasteiger partial charge in [-0.05, 0) is 23.8 Å². The van der Waals surface area contributed by atoms with E-state index in [-0.39, 0.29) is 5.78 Å². The smallest absolute Gasteiger partial charge is 0.160 e. The molecule has 1 aromatic rings. The summed E-state index contributed by atoms with van der Waals surface area (Å²) >= 11 is 7.61. The van der Waals surface area contributed by atoms with Crippen LogP contribution in [-0.2, 0) is 4.79 Å². The second-order valence-electron chi connectivity index (χ2n) is 3.45. The van der Waals surface area contributed by atoms with Crippen LogP contribution in [0.2, 0.25) is 5.02 Å². The van der Waals surface area contributed by atoms with Crippen LogP contribution in [0.3, 0.4) is 0 Å². The zero-order chi connectivity index (χ0) is 10.7. The number of thioether (sulfide) groups is 1. The fraction of sp³-hybridized carbons (Fsp3) is 0.250. The van der Waals surface area contributed by atoms with Gasteiger partial charge in [0.15, 0.2) is 5.78 Å². The first-order valence-corrected chi connectivity index (χ1v) is 6.36. The third-order valence-electron chi connectivity index (χ3n) is 2.30. The van der Waals surface area contributed by atoms with Gasteiger partial charge >= 0.3 is 0 Å². The predicted octanol–water partition coefficient (Wildman–Crippen LogP) is 3.43. The lowest BCUT2D eigenvalue weighted by molar-refractivity contribution is -0.115. The molecule has 1 saturated heterocycles. The van der Waals surface area contributed by atoms with Crippen molar-refractivity contribution in [2.75, 3.05) is 11.5 Å². The van der Waals surface area contributed by atoms with Gasteiger partial charge in [-0.15, -0.1) is 0 Å². The third kappa shape index (κ3) is 2.86. The van der Waals surface area contributed by atoms with Gasteiger partial charge < -0.3 is 0 Å². The number of carbonyl (C=O) groups is 1. The molecule has 0 N–H and O–H groups in total. The summed E-state index contributed by atoms with van der Waals surface area (Å²) in [5.41, 5.74) is 1.97. The fourth-order valence-corrected chi connectivity index (χ4v) is 2.53. The quantitative estimate of drug-likeness (QED) is 0.698. The highest BCUT2D eigenvalue weighted by molar-refractivity contribution is 7.99. The van der Waals surface area contributed by atoms with E-state index in [1.165, 1.54) is 0 Å². The maximum atomic E-state index is 11.6. The van der Waals surface area contributed by atoms with E-state index < -0.39 is 0 Å². The van der Waals surface area contributed by atoms with E-state index in [0.29, 0.717) is 6.42 Å². The molecule has 0 unspecified atom stereocenters. The standard InChI is InChI=1S/C12H11ClOS/c13-11-3-1-9(2-4-11)7-10-8-15-6-5-12(10)14/h1-4,7H,5-6,8H2/b10-7+. The van der Waals surface area contributed by atoms with Gasteiger partial charge in [0.1, 0.15) is 0 Å². The van der Waals surface area contributed by atoms with Crippen LogP contribution >= 0.6 is 23.4 Å². The zero-order valence-electron chi connectivity index (χ0n) is 8.20. The Kier molecular flexibility index (Phi) is 3.49. The summed E-state index contributed by atoms with van der Waals surface area (Å²) in [6.45, 7) is 0. The molecule has 3 heteroatoms. The van der Waals surface area contributed by atoms with E-state index in [9.17, 15) is 4.79 Å². The van der Waals surface area contributed by atoms with Gasteiger partial charge in [0.2, 0.25) is 0 Å². The van der Waals surface area contributed by atoms with Gasteiger partial charge in [0.25, 0.3) is 0 Å². The molecule has 0 aromatic heterocycles. The molecule has 78 valence electrons. The molecule has 1 heterocycles. The Hall–Kier alpha value is -0.730. The molecule has 1 nitrogen and oxygen atoms in total. The van der Waals surface area contributed by atoms with Crippen molar-refractivity contribution in [3.63, 3.8) is 0 Å². The summed E-state index contributed by atoms with van der Waals surface area (Å²) in [5.74, 6) is 2.07. The Morgan fingerprint density at radius 3 is 2.67 bits per heavy atom.